The summed E-state index contributed by atoms with van der Waals surface area (Å²) in [4.78, 5) is 26.2. The summed E-state index contributed by atoms with van der Waals surface area (Å²) in [7, 11) is -2.73. The van der Waals surface area contributed by atoms with Crippen molar-refractivity contribution >= 4 is 33.2 Å². The molecule has 1 aromatic heterocycles. The summed E-state index contributed by atoms with van der Waals surface area (Å²) in [6.07, 6.45) is 1.51. The molecule has 2 N–H and O–H groups in total. The molecule has 0 atom stereocenters. The molecule has 0 aliphatic carbocycles. The largest absolute Gasteiger partial charge is 0.495 e. The van der Waals surface area contributed by atoms with Gasteiger partial charge in [-0.3, -0.25) is 13.9 Å². The standard InChI is InChI=1S/C29H29N3O6S/c1-20-10-13-23(14-11-20)39(35,36)32(26-17-21(2)12-15-27(26)37-3)19-28(33)31-25-9-5-4-8-24(25)29(34)30-18-22-7-6-16-38-22/h4-17H,18-19H2,1-3H3,(H,30,34)(H,31,33). The van der Waals surface area contributed by atoms with E-state index in [1.807, 2.05) is 13.8 Å². The van der Waals surface area contributed by atoms with Crippen molar-refractivity contribution in [1.82, 2.24) is 5.32 Å². The lowest BCUT2D eigenvalue weighted by Gasteiger charge is -2.26. The van der Waals surface area contributed by atoms with Crippen LogP contribution >= 0.6 is 0 Å². The second kappa shape index (κ2) is 11.9. The van der Waals surface area contributed by atoms with Crippen LogP contribution in [0.1, 0.15) is 27.2 Å². The topological polar surface area (TPSA) is 118 Å². The number of nitrogens with one attached hydrogen (secondary N) is 2. The van der Waals surface area contributed by atoms with Crippen LogP contribution in [0.25, 0.3) is 0 Å². The van der Waals surface area contributed by atoms with E-state index in [1.54, 1.807) is 66.7 Å². The molecule has 1 heterocycles. The number of amides is 2. The van der Waals surface area contributed by atoms with Gasteiger partial charge < -0.3 is 19.8 Å². The number of anilines is 2. The van der Waals surface area contributed by atoms with Crippen molar-refractivity contribution < 1.29 is 27.2 Å². The summed E-state index contributed by atoms with van der Waals surface area (Å²) in [6.45, 7) is 3.28. The lowest BCUT2D eigenvalue weighted by atomic mass is 10.1. The van der Waals surface area contributed by atoms with Crippen molar-refractivity contribution in [2.75, 3.05) is 23.3 Å². The number of para-hydroxylation sites is 1. The highest BCUT2D eigenvalue weighted by Gasteiger charge is 2.30. The van der Waals surface area contributed by atoms with Gasteiger partial charge in [-0.25, -0.2) is 8.42 Å². The number of aryl methyl sites for hydroxylation is 2. The zero-order valence-corrected chi connectivity index (χ0v) is 22.6. The van der Waals surface area contributed by atoms with Gasteiger partial charge in [0.25, 0.3) is 15.9 Å². The molecule has 0 aliphatic heterocycles. The Kier molecular flexibility index (Phi) is 8.36. The van der Waals surface area contributed by atoms with Gasteiger partial charge in [0.15, 0.2) is 0 Å². The molecule has 0 bridgehead atoms. The van der Waals surface area contributed by atoms with Crippen LogP contribution in [0.15, 0.2) is 94.4 Å². The van der Waals surface area contributed by atoms with E-state index >= 15 is 0 Å². The molecule has 0 radical (unpaired) electrons. The van der Waals surface area contributed by atoms with E-state index in [-0.39, 0.29) is 28.4 Å². The minimum absolute atomic E-state index is 0.0298. The minimum atomic E-state index is -4.16. The molecule has 10 heteroatoms. The number of carbonyl (C=O) groups is 2. The molecule has 2 amide bonds. The van der Waals surface area contributed by atoms with Gasteiger partial charge in [0.2, 0.25) is 5.91 Å². The maximum absolute atomic E-state index is 13.8. The first-order valence-corrected chi connectivity index (χ1v) is 13.6. The second-order valence-electron chi connectivity index (χ2n) is 8.86. The smallest absolute Gasteiger partial charge is 0.264 e. The van der Waals surface area contributed by atoms with Gasteiger partial charge in [0, 0.05) is 0 Å². The summed E-state index contributed by atoms with van der Waals surface area (Å²) < 4.78 is 39.3. The first-order valence-electron chi connectivity index (χ1n) is 12.1. The first-order chi connectivity index (χ1) is 18.7. The predicted octanol–water partition coefficient (Wildman–Crippen LogP) is 4.67. The van der Waals surface area contributed by atoms with E-state index in [2.05, 4.69) is 10.6 Å². The van der Waals surface area contributed by atoms with E-state index in [1.165, 1.54) is 25.5 Å². The van der Waals surface area contributed by atoms with Gasteiger partial charge in [-0.1, -0.05) is 35.9 Å². The fraction of sp³-hybridized carbons (Fsp3) is 0.172. The van der Waals surface area contributed by atoms with Crippen molar-refractivity contribution in [3.63, 3.8) is 0 Å². The number of ether oxygens (including phenoxy) is 1. The number of nitrogens with zero attached hydrogens (tertiary/aromatic N) is 1. The molecule has 0 saturated heterocycles. The van der Waals surface area contributed by atoms with E-state index < -0.39 is 28.4 Å². The third-order valence-electron chi connectivity index (χ3n) is 5.95. The highest BCUT2D eigenvalue weighted by molar-refractivity contribution is 7.92. The van der Waals surface area contributed by atoms with Crippen LogP contribution in [0, 0.1) is 13.8 Å². The van der Waals surface area contributed by atoms with Crippen molar-refractivity contribution in [3.8, 4) is 5.75 Å². The predicted molar refractivity (Wildman–Crippen MR) is 148 cm³/mol. The van der Waals surface area contributed by atoms with Crippen LogP contribution in [0.3, 0.4) is 0 Å². The number of rotatable bonds is 10. The number of hydrogen-bond donors (Lipinski definition) is 2. The van der Waals surface area contributed by atoms with Gasteiger partial charge in [-0.05, 0) is 67.9 Å². The maximum Gasteiger partial charge on any atom is 0.264 e. The van der Waals surface area contributed by atoms with Gasteiger partial charge in [-0.2, -0.15) is 0 Å². The number of benzene rings is 3. The van der Waals surface area contributed by atoms with Crippen LogP contribution in [0.2, 0.25) is 0 Å². The lowest BCUT2D eigenvalue weighted by Crippen LogP contribution is -2.38. The molecule has 4 aromatic rings. The molecule has 0 saturated carbocycles. The second-order valence-corrected chi connectivity index (χ2v) is 10.7. The number of furan rings is 1. The molecule has 0 fully saturated rings. The highest BCUT2D eigenvalue weighted by atomic mass is 32.2. The number of hydrogen-bond acceptors (Lipinski definition) is 6. The molecule has 4 rings (SSSR count). The highest BCUT2D eigenvalue weighted by Crippen LogP contribution is 2.33. The van der Waals surface area contributed by atoms with E-state index in [0.717, 1.165) is 15.4 Å². The fourth-order valence-corrected chi connectivity index (χ4v) is 5.34. The molecule has 9 nitrogen and oxygen atoms in total. The number of carbonyl (C=O) groups excluding carboxylic acids is 2. The SMILES string of the molecule is COc1ccc(C)cc1N(CC(=O)Nc1ccccc1C(=O)NCc1ccco1)S(=O)(=O)c1ccc(C)cc1. The number of methoxy groups -OCH3 is 1. The van der Waals surface area contributed by atoms with Crippen LogP contribution in [0.5, 0.6) is 5.75 Å². The van der Waals surface area contributed by atoms with Crippen LogP contribution in [-0.4, -0.2) is 33.9 Å². The minimum Gasteiger partial charge on any atom is -0.495 e. The Bertz CT molecular complexity index is 1570. The average molecular weight is 548 g/mol. The third kappa shape index (κ3) is 6.47. The van der Waals surface area contributed by atoms with Crippen molar-refractivity contribution in [1.29, 1.82) is 0 Å². The zero-order valence-electron chi connectivity index (χ0n) is 21.8. The Hall–Kier alpha value is -4.57. The van der Waals surface area contributed by atoms with E-state index in [4.69, 9.17) is 9.15 Å². The molecule has 202 valence electrons. The van der Waals surface area contributed by atoms with Crippen molar-refractivity contribution in [2.45, 2.75) is 25.3 Å². The van der Waals surface area contributed by atoms with Crippen molar-refractivity contribution in [2.24, 2.45) is 0 Å². The van der Waals surface area contributed by atoms with Gasteiger partial charge >= 0.3 is 0 Å². The van der Waals surface area contributed by atoms with Gasteiger partial charge in [0.1, 0.15) is 18.1 Å². The first kappa shape index (κ1) is 27.5. The fourth-order valence-electron chi connectivity index (χ4n) is 3.92. The van der Waals surface area contributed by atoms with Crippen LogP contribution in [-0.2, 0) is 21.4 Å². The molecule has 0 spiro atoms. The van der Waals surface area contributed by atoms with E-state index in [0.29, 0.717) is 11.5 Å². The lowest BCUT2D eigenvalue weighted by molar-refractivity contribution is -0.114. The van der Waals surface area contributed by atoms with Crippen LogP contribution in [0.4, 0.5) is 11.4 Å². The molecule has 3 aromatic carbocycles. The maximum atomic E-state index is 13.8. The summed E-state index contributed by atoms with van der Waals surface area (Å²) in [6, 6.07) is 21.4. The Morgan fingerprint density at radius 3 is 2.33 bits per heavy atom. The Morgan fingerprint density at radius 1 is 0.923 bits per heavy atom. The summed E-state index contributed by atoms with van der Waals surface area (Å²) in [5.74, 6) is -0.192. The monoisotopic (exact) mass is 547 g/mol. The summed E-state index contributed by atoms with van der Waals surface area (Å²) >= 11 is 0. The van der Waals surface area contributed by atoms with Crippen molar-refractivity contribution in [3.05, 3.63) is 108 Å². The molecular weight excluding hydrogens is 518 g/mol. The molecule has 0 aliphatic rings. The molecule has 0 unspecified atom stereocenters. The summed E-state index contributed by atoms with van der Waals surface area (Å²) in [5, 5.41) is 5.45. The Morgan fingerprint density at radius 2 is 1.64 bits per heavy atom. The third-order valence-corrected chi connectivity index (χ3v) is 7.72. The Labute approximate surface area is 227 Å². The zero-order chi connectivity index (χ0) is 28.0. The van der Waals surface area contributed by atoms with Gasteiger partial charge in [-0.15, -0.1) is 0 Å². The quantitative estimate of drug-likeness (QED) is 0.298. The molecule has 39 heavy (non-hydrogen) atoms. The van der Waals surface area contributed by atoms with Gasteiger partial charge in [0.05, 0.1) is 41.8 Å². The normalized spacial score (nSPS) is 11.1. The molecular formula is C29H29N3O6S. The number of sulfonamides is 1. The Balaban J connectivity index is 1.63. The summed E-state index contributed by atoms with van der Waals surface area (Å²) in [5.41, 5.74) is 2.36. The van der Waals surface area contributed by atoms with Crippen LogP contribution < -0.4 is 19.7 Å². The van der Waals surface area contributed by atoms with E-state index in [9.17, 15) is 18.0 Å². The average Bonchev–Trinajstić information content (AvgIpc) is 3.45.